The molecular weight excluding hydrogens is 184 g/mol. The summed E-state index contributed by atoms with van der Waals surface area (Å²) in [6.45, 7) is 6.57. The molecule has 1 N–H and O–H groups in total. The highest BCUT2D eigenvalue weighted by Gasteiger charge is 2.41. The monoisotopic (exact) mass is 204 g/mol. The number of rotatable bonds is 2. The van der Waals surface area contributed by atoms with Gasteiger partial charge < -0.3 is 5.11 Å². The molecule has 0 radical (unpaired) electrons. The largest absolute Gasteiger partial charge is 0.385 e. The Balaban J connectivity index is 2.17. The van der Waals surface area contributed by atoms with Crippen LogP contribution in [-0.4, -0.2) is 5.11 Å². The second kappa shape index (κ2) is 3.64. The molecule has 1 aliphatic carbocycles. The second-order valence-corrected chi connectivity index (χ2v) is 5.32. The standard InChI is InChI=1S/C14H20O/c1-10(2)12-4-6-13(7-5-12)14(15)8-11(3)9-14/h4-7,10-11,15H,8-9H2,1-3H3. The molecule has 1 aromatic carbocycles. The summed E-state index contributed by atoms with van der Waals surface area (Å²) in [4.78, 5) is 0. The highest BCUT2D eigenvalue weighted by molar-refractivity contribution is 5.30. The van der Waals surface area contributed by atoms with Crippen LogP contribution < -0.4 is 0 Å². The summed E-state index contributed by atoms with van der Waals surface area (Å²) in [6.07, 6.45) is 1.82. The third kappa shape index (κ3) is 1.93. The van der Waals surface area contributed by atoms with Gasteiger partial charge in [-0.1, -0.05) is 45.0 Å². The van der Waals surface area contributed by atoms with Crippen LogP contribution >= 0.6 is 0 Å². The highest BCUT2D eigenvalue weighted by atomic mass is 16.3. The Bertz CT molecular complexity index is 331. The highest BCUT2D eigenvalue weighted by Crippen LogP contribution is 2.45. The van der Waals surface area contributed by atoms with Crippen LogP contribution in [0.2, 0.25) is 0 Å². The summed E-state index contributed by atoms with van der Waals surface area (Å²) in [5.41, 5.74) is 1.90. The van der Waals surface area contributed by atoms with Gasteiger partial charge in [-0.05, 0) is 35.8 Å². The van der Waals surface area contributed by atoms with E-state index in [-0.39, 0.29) is 0 Å². The zero-order valence-electron chi connectivity index (χ0n) is 9.83. The molecule has 0 aromatic heterocycles. The maximum absolute atomic E-state index is 10.3. The average molecular weight is 204 g/mol. The molecule has 0 atom stereocenters. The average Bonchev–Trinajstić information content (AvgIpc) is 2.16. The van der Waals surface area contributed by atoms with Crippen molar-refractivity contribution in [3.8, 4) is 0 Å². The van der Waals surface area contributed by atoms with Crippen LogP contribution in [0.25, 0.3) is 0 Å². The van der Waals surface area contributed by atoms with Gasteiger partial charge >= 0.3 is 0 Å². The Labute approximate surface area is 92.1 Å². The van der Waals surface area contributed by atoms with Crippen LogP contribution in [0.1, 0.15) is 50.7 Å². The van der Waals surface area contributed by atoms with Crippen molar-refractivity contribution >= 4 is 0 Å². The molecule has 15 heavy (non-hydrogen) atoms. The zero-order valence-corrected chi connectivity index (χ0v) is 9.83. The van der Waals surface area contributed by atoms with E-state index in [1.807, 2.05) is 0 Å². The van der Waals surface area contributed by atoms with Gasteiger partial charge in [-0.3, -0.25) is 0 Å². The van der Waals surface area contributed by atoms with Crippen molar-refractivity contribution in [2.45, 2.75) is 45.1 Å². The molecule has 2 rings (SSSR count). The van der Waals surface area contributed by atoms with Crippen molar-refractivity contribution in [2.24, 2.45) is 5.92 Å². The zero-order chi connectivity index (χ0) is 11.1. The first-order chi connectivity index (χ1) is 7.01. The van der Waals surface area contributed by atoms with Gasteiger partial charge in [0.05, 0.1) is 5.60 Å². The van der Waals surface area contributed by atoms with Gasteiger partial charge in [-0.2, -0.15) is 0 Å². The first kappa shape index (κ1) is 10.7. The van der Waals surface area contributed by atoms with Crippen LogP contribution in [0.4, 0.5) is 0 Å². The summed E-state index contributed by atoms with van der Waals surface area (Å²) in [6, 6.07) is 8.45. The van der Waals surface area contributed by atoms with Crippen molar-refractivity contribution in [1.29, 1.82) is 0 Å². The lowest BCUT2D eigenvalue weighted by Crippen LogP contribution is -2.39. The molecule has 0 amide bonds. The minimum absolute atomic E-state index is 0.533. The Morgan fingerprint density at radius 3 is 2.13 bits per heavy atom. The molecule has 0 saturated heterocycles. The fourth-order valence-electron chi connectivity index (χ4n) is 2.51. The summed E-state index contributed by atoms with van der Waals surface area (Å²) in [7, 11) is 0. The minimum atomic E-state index is -0.533. The normalized spacial score (nSPS) is 30.3. The smallest absolute Gasteiger partial charge is 0.0901 e. The molecule has 1 fully saturated rings. The van der Waals surface area contributed by atoms with E-state index in [2.05, 4.69) is 45.0 Å². The molecule has 1 heteroatoms. The van der Waals surface area contributed by atoms with Gasteiger partial charge in [-0.15, -0.1) is 0 Å². The number of hydrogen-bond acceptors (Lipinski definition) is 1. The van der Waals surface area contributed by atoms with E-state index in [1.165, 1.54) is 5.56 Å². The van der Waals surface area contributed by atoms with Gasteiger partial charge in [0.2, 0.25) is 0 Å². The van der Waals surface area contributed by atoms with Gasteiger partial charge in [0.25, 0.3) is 0 Å². The molecule has 0 bridgehead atoms. The Morgan fingerprint density at radius 2 is 1.73 bits per heavy atom. The topological polar surface area (TPSA) is 20.2 Å². The first-order valence-corrected chi connectivity index (χ1v) is 5.84. The maximum atomic E-state index is 10.3. The Hall–Kier alpha value is -0.820. The molecule has 0 aliphatic heterocycles. The lowest BCUT2D eigenvalue weighted by Gasteiger charge is -2.42. The number of aliphatic hydroxyl groups is 1. The van der Waals surface area contributed by atoms with Crippen LogP contribution in [-0.2, 0) is 5.60 Å². The molecule has 0 heterocycles. The van der Waals surface area contributed by atoms with E-state index in [9.17, 15) is 5.11 Å². The van der Waals surface area contributed by atoms with E-state index in [1.54, 1.807) is 0 Å². The van der Waals surface area contributed by atoms with Crippen molar-refractivity contribution in [2.75, 3.05) is 0 Å². The van der Waals surface area contributed by atoms with Gasteiger partial charge in [0.15, 0.2) is 0 Å². The second-order valence-electron chi connectivity index (χ2n) is 5.32. The molecule has 82 valence electrons. The van der Waals surface area contributed by atoms with Crippen LogP contribution in [0.15, 0.2) is 24.3 Å². The lowest BCUT2D eigenvalue weighted by molar-refractivity contribution is -0.0738. The van der Waals surface area contributed by atoms with E-state index in [0.717, 1.165) is 18.4 Å². The van der Waals surface area contributed by atoms with E-state index in [0.29, 0.717) is 11.8 Å². The van der Waals surface area contributed by atoms with Crippen molar-refractivity contribution in [1.82, 2.24) is 0 Å². The van der Waals surface area contributed by atoms with E-state index >= 15 is 0 Å². The summed E-state index contributed by atoms with van der Waals surface area (Å²) in [5, 5.41) is 10.3. The SMILES string of the molecule is CC1CC(O)(c2ccc(C(C)C)cc2)C1. The Kier molecular flexibility index (Phi) is 2.59. The van der Waals surface area contributed by atoms with Crippen LogP contribution in [0.5, 0.6) is 0 Å². The summed E-state index contributed by atoms with van der Waals surface area (Å²) in [5.74, 6) is 1.23. The maximum Gasteiger partial charge on any atom is 0.0901 e. The Morgan fingerprint density at radius 1 is 1.20 bits per heavy atom. The van der Waals surface area contributed by atoms with Gasteiger partial charge in [0, 0.05) is 0 Å². The predicted molar refractivity (Wildman–Crippen MR) is 62.8 cm³/mol. The molecular formula is C14H20O. The van der Waals surface area contributed by atoms with E-state index in [4.69, 9.17) is 0 Å². The first-order valence-electron chi connectivity index (χ1n) is 5.84. The molecule has 1 aromatic rings. The van der Waals surface area contributed by atoms with Crippen LogP contribution in [0.3, 0.4) is 0 Å². The van der Waals surface area contributed by atoms with Crippen molar-refractivity contribution in [3.05, 3.63) is 35.4 Å². The molecule has 1 nitrogen and oxygen atoms in total. The molecule has 0 unspecified atom stereocenters. The molecule has 0 spiro atoms. The molecule has 1 aliphatic rings. The minimum Gasteiger partial charge on any atom is -0.385 e. The predicted octanol–water partition coefficient (Wildman–Crippen LogP) is 3.43. The quantitative estimate of drug-likeness (QED) is 0.782. The third-order valence-electron chi connectivity index (χ3n) is 3.49. The lowest BCUT2D eigenvalue weighted by atomic mass is 9.68. The number of benzene rings is 1. The summed E-state index contributed by atoms with van der Waals surface area (Å²) >= 11 is 0. The van der Waals surface area contributed by atoms with Crippen molar-refractivity contribution in [3.63, 3.8) is 0 Å². The van der Waals surface area contributed by atoms with E-state index < -0.39 is 5.60 Å². The third-order valence-corrected chi connectivity index (χ3v) is 3.49. The fraction of sp³-hybridized carbons (Fsp3) is 0.571. The summed E-state index contributed by atoms with van der Waals surface area (Å²) < 4.78 is 0. The van der Waals surface area contributed by atoms with Gasteiger partial charge in [-0.25, -0.2) is 0 Å². The van der Waals surface area contributed by atoms with Crippen molar-refractivity contribution < 1.29 is 5.11 Å². The fourth-order valence-corrected chi connectivity index (χ4v) is 2.51. The molecule has 1 saturated carbocycles. The van der Waals surface area contributed by atoms with Crippen LogP contribution in [0, 0.1) is 5.92 Å². The number of hydrogen-bond donors (Lipinski definition) is 1. The van der Waals surface area contributed by atoms with Gasteiger partial charge in [0.1, 0.15) is 0 Å².